The minimum Gasteiger partial charge on any atom is -0.419 e. The number of hydrogen-bond donors (Lipinski definition) is 3. The summed E-state index contributed by atoms with van der Waals surface area (Å²) in [5, 5.41) is 18.1. The highest BCUT2D eigenvalue weighted by molar-refractivity contribution is 6.04. The standard InChI is InChI=1S/C23H28F2N4O3/c1-23(2)10-15(23)21(30)28-16-5-3-4-6-17(16)29-11-13-8-7-12(9-14(13)22(29)31)19(26)32-20(27)18(24)25/h7-9,15-18,26-27H,3-6,10-11H2,1-2H3,(H,28,30)/t15?,16-,17?/m1/s1. The molecule has 1 aliphatic heterocycles. The second kappa shape index (κ2) is 8.26. The molecule has 3 aliphatic rings. The van der Waals surface area contributed by atoms with Crippen LogP contribution in [-0.4, -0.2) is 47.0 Å². The third-order valence-corrected chi connectivity index (χ3v) is 6.90. The molecule has 0 radical (unpaired) electrons. The van der Waals surface area contributed by atoms with E-state index in [2.05, 4.69) is 23.9 Å². The Balaban J connectivity index is 1.47. The van der Waals surface area contributed by atoms with E-state index in [1.165, 1.54) is 12.1 Å². The summed E-state index contributed by atoms with van der Waals surface area (Å²) in [7, 11) is 0. The third kappa shape index (κ3) is 4.25. The minimum absolute atomic E-state index is 0.0251. The van der Waals surface area contributed by atoms with E-state index in [1.807, 2.05) is 0 Å². The second-order valence-electron chi connectivity index (χ2n) is 9.61. The lowest BCUT2D eigenvalue weighted by atomic mass is 9.89. The number of halogens is 2. The molecule has 0 aromatic heterocycles. The first-order chi connectivity index (χ1) is 15.1. The molecule has 1 aromatic carbocycles. The van der Waals surface area contributed by atoms with Crippen molar-refractivity contribution in [1.29, 1.82) is 10.8 Å². The Labute approximate surface area is 185 Å². The van der Waals surface area contributed by atoms with E-state index in [9.17, 15) is 18.4 Å². The molecule has 2 fully saturated rings. The van der Waals surface area contributed by atoms with E-state index in [-0.39, 0.29) is 40.8 Å². The van der Waals surface area contributed by atoms with Crippen LogP contribution in [0.25, 0.3) is 0 Å². The van der Waals surface area contributed by atoms with Gasteiger partial charge in [-0.1, -0.05) is 32.8 Å². The molecular weight excluding hydrogens is 418 g/mol. The van der Waals surface area contributed by atoms with Crippen molar-refractivity contribution in [1.82, 2.24) is 10.2 Å². The van der Waals surface area contributed by atoms with E-state index in [0.29, 0.717) is 12.1 Å². The summed E-state index contributed by atoms with van der Waals surface area (Å²) in [6.45, 7) is 4.57. The summed E-state index contributed by atoms with van der Waals surface area (Å²) in [6.07, 6.45) is 1.37. The van der Waals surface area contributed by atoms with Crippen molar-refractivity contribution in [2.24, 2.45) is 11.3 Å². The lowest BCUT2D eigenvalue weighted by Gasteiger charge is -2.38. The number of carbonyl (C=O) groups excluding carboxylic acids is 2. The molecule has 3 atom stereocenters. The van der Waals surface area contributed by atoms with Crippen LogP contribution >= 0.6 is 0 Å². The topological polar surface area (TPSA) is 106 Å². The van der Waals surface area contributed by atoms with Gasteiger partial charge in [-0.25, -0.2) is 0 Å². The number of alkyl halides is 2. The first-order valence-corrected chi connectivity index (χ1v) is 11.0. The molecule has 7 nitrogen and oxygen atoms in total. The SMILES string of the molecule is CC1(C)CC1C(=O)N[C@@H]1CCCCC1N1Cc2ccc(C(=N)OC(=N)C(F)F)cc2C1=O. The molecule has 9 heteroatoms. The average Bonchev–Trinajstić information content (AvgIpc) is 3.27. The number of benzene rings is 1. The van der Waals surface area contributed by atoms with E-state index >= 15 is 0 Å². The van der Waals surface area contributed by atoms with Crippen LogP contribution < -0.4 is 5.32 Å². The highest BCUT2D eigenvalue weighted by Crippen LogP contribution is 2.51. The highest BCUT2D eigenvalue weighted by Gasteiger charge is 2.51. The van der Waals surface area contributed by atoms with Gasteiger partial charge in [0.05, 0.1) is 6.04 Å². The fourth-order valence-electron chi connectivity index (χ4n) is 4.80. The molecule has 0 saturated heterocycles. The predicted octanol–water partition coefficient (Wildman–Crippen LogP) is 3.70. The van der Waals surface area contributed by atoms with Gasteiger partial charge >= 0.3 is 6.43 Å². The van der Waals surface area contributed by atoms with Gasteiger partial charge in [-0.3, -0.25) is 20.4 Å². The zero-order valence-electron chi connectivity index (χ0n) is 18.2. The van der Waals surface area contributed by atoms with Crippen LogP contribution in [0.1, 0.15) is 67.4 Å². The number of nitrogens with one attached hydrogen (secondary N) is 3. The summed E-state index contributed by atoms with van der Waals surface area (Å²) in [5.74, 6) is -2.01. The number of nitrogens with zero attached hydrogens (tertiary/aromatic N) is 1. The summed E-state index contributed by atoms with van der Waals surface area (Å²) in [4.78, 5) is 27.7. The van der Waals surface area contributed by atoms with Crippen molar-refractivity contribution in [2.75, 3.05) is 0 Å². The van der Waals surface area contributed by atoms with Gasteiger partial charge in [0.1, 0.15) is 0 Å². The number of ether oxygens (including phenoxy) is 1. The highest BCUT2D eigenvalue weighted by atomic mass is 19.3. The normalized spacial score (nSPS) is 26.0. The zero-order valence-corrected chi connectivity index (χ0v) is 18.2. The molecule has 0 spiro atoms. The van der Waals surface area contributed by atoms with Gasteiger partial charge in [0, 0.05) is 29.6 Å². The maximum Gasteiger partial charge on any atom is 0.312 e. The van der Waals surface area contributed by atoms with Crippen molar-refractivity contribution in [3.8, 4) is 0 Å². The van der Waals surface area contributed by atoms with Gasteiger partial charge < -0.3 is 15.0 Å². The van der Waals surface area contributed by atoms with Gasteiger partial charge in [0.25, 0.3) is 11.8 Å². The molecule has 32 heavy (non-hydrogen) atoms. The lowest BCUT2D eigenvalue weighted by Crippen LogP contribution is -2.53. The number of rotatable bonds is 5. The van der Waals surface area contributed by atoms with Crippen molar-refractivity contribution >= 4 is 23.6 Å². The van der Waals surface area contributed by atoms with Crippen LogP contribution in [0, 0.1) is 22.2 Å². The maximum absolute atomic E-state index is 13.2. The second-order valence-corrected chi connectivity index (χ2v) is 9.61. The first kappa shape index (κ1) is 22.4. The molecule has 3 N–H and O–H groups in total. The Morgan fingerprint density at radius 1 is 1.25 bits per heavy atom. The predicted molar refractivity (Wildman–Crippen MR) is 114 cm³/mol. The maximum atomic E-state index is 13.2. The summed E-state index contributed by atoms with van der Waals surface area (Å²) >= 11 is 0. The van der Waals surface area contributed by atoms with Gasteiger partial charge in [0.15, 0.2) is 0 Å². The number of amides is 2. The third-order valence-electron chi connectivity index (χ3n) is 6.90. The van der Waals surface area contributed by atoms with Crippen molar-refractivity contribution in [2.45, 2.75) is 71.0 Å². The van der Waals surface area contributed by atoms with Crippen LogP contribution in [0.5, 0.6) is 0 Å². The largest absolute Gasteiger partial charge is 0.419 e. The molecule has 4 rings (SSSR count). The zero-order chi connectivity index (χ0) is 23.2. The van der Waals surface area contributed by atoms with Crippen LogP contribution in [0.3, 0.4) is 0 Å². The molecule has 2 saturated carbocycles. The van der Waals surface area contributed by atoms with Gasteiger partial charge in [-0.15, -0.1) is 0 Å². The van der Waals surface area contributed by atoms with Crippen LogP contribution in [0.2, 0.25) is 0 Å². The van der Waals surface area contributed by atoms with Crippen molar-refractivity contribution < 1.29 is 23.1 Å². The molecule has 172 valence electrons. The van der Waals surface area contributed by atoms with E-state index < -0.39 is 18.2 Å². The Kier molecular flexibility index (Phi) is 5.77. The van der Waals surface area contributed by atoms with E-state index in [1.54, 1.807) is 11.0 Å². The Hall–Kier alpha value is -2.84. The van der Waals surface area contributed by atoms with Gasteiger partial charge in [-0.2, -0.15) is 8.78 Å². The summed E-state index contributed by atoms with van der Waals surface area (Å²) < 4.78 is 29.6. The Bertz CT molecular complexity index is 978. The van der Waals surface area contributed by atoms with Crippen molar-refractivity contribution in [3.05, 3.63) is 34.9 Å². The van der Waals surface area contributed by atoms with Gasteiger partial charge in [-0.05, 0) is 42.4 Å². The smallest absolute Gasteiger partial charge is 0.312 e. The number of carbonyl (C=O) groups is 2. The molecule has 1 aromatic rings. The van der Waals surface area contributed by atoms with Crippen LogP contribution in [0.15, 0.2) is 18.2 Å². The molecule has 2 unspecified atom stereocenters. The molecular formula is C23H28F2N4O3. The summed E-state index contributed by atoms with van der Waals surface area (Å²) in [5.41, 5.74) is 1.39. The number of hydrogen-bond acceptors (Lipinski definition) is 5. The molecule has 1 heterocycles. The Morgan fingerprint density at radius 3 is 2.59 bits per heavy atom. The van der Waals surface area contributed by atoms with Gasteiger partial charge in [0.2, 0.25) is 11.8 Å². The van der Waals surface area contributed by atoms with E-state index in [4.69, 9.17) is 10.8 Å². The monoisotopic (exact) mass is 446 g/mol. The molecule has 2 amide bonds. The lowest BCUT2D eigenvalue weighted by molar-refractivity contribution is -0.124. The number of fused-ring (bicyclic) bond motifs is 1. The minimum atomic E-state index is -3.11. The van der Waals surface area contributed by atoms with E-state index in [0.717, 1.165) is 37.7 Å². The van der Waals surface area contributed by atoms with Crippen LogP contribution in [0.4, 0.5) is 8.78 Å². The molecule has 2 aliphatic carbocycles. The van der Waals surface area contributed by atoms with Crippen molar-refractivity contribution in [3.63, 3.8) is 0 Å². The fourth-order valence-corrected chi connectivity index (χ4v) is 4.80. The first-order valence-electron chi connectivity index (χ1n) is 11.0. The molecule has 0 bridgehead atoms. The average molecular weight is 446 g/mol. The van der Waals surface area contributed by atoms with Crippen LogP contribution in [-0.2, 0) is 16.1 Å². The fraction of sp³-hybridized carbons (Fsp3) is 0.565. The summed E-state index contributed by atoms with van der Waals surface area (Å²) in [6, 6.07) is 4.47. The quantitative estimate of drug-likeness (QED) is 0.474. The Morgan fingerprint density at radius 2 is 1.94 bits per heavy atom.